The van der Waals surface area contributed by atoms with E-state index in [0.717, 1.165) is 23.8 Å². The fraction of sp³-hybridized carbons (Fsp3) is 0.615. The normalized spacial score (nSPS) is 10.4. The third kappa shape index (κ3) is 3.10. The Morgan fingerprint density at radius 2 is 2.06 bits per heavy atom. The molecule has 0 atom stereocenters. The lowest BCUT2D eigenvalue weighted by atomic mass is 10.2. The van der Waals surface area contributed by atoms with Crippen molar-refractivity contribution in [2.24, 2.45) is 0 Å². The van der Waals surface area contributed by atoms with Gasteiger partial charge in [0.15, 0.2) is 0 Å². The van der Waals surface area contributed by atoms with Crippen molar-refractivity contribution in [1.82, 2.24) is 9.97 Å². The van der Waals surface area contributed by atoms with Gasteiger partial charge in [0.2, 0.25) is 0 Å². The highest BCUT2D eigenvalue weighted by Crippen LogP contribution is 2.24. The summed E-state index contributed by atoms with van der Waals surface area (Å²) in [7, 11) is 0. The van der Waals surface area contributed by atoms with Gasteiger partial charge >= 0.3 is 0 Å². The molecule has 0 aliphatic heterocycles. The quantitative estimate of drug-likeness (QED) is 0.863. The maximum Gasteiger partial charge on any atom is 0.137 e. The first kappa shape index (κ1) is 14.2. The van der Waals surface area contributed by atoms with Crippen LogP contribution in [0.1, 0.15) is 44.5 Å². The minimum absolute atomic E-state index is 0.237. The van der Waals surface area contributed by atoms with Crippen LogP contribution >= 0.6 is 0 Å². The molecule has 0 saturated heterocycles. The molecule has 98 valence electrons. The summed E-state index contributed by atoms with van der Waals surface area (Å²) in [4.78, 5) is 11.0. The van der Waals surface area contributed by atoms with E-state index < -0.39 is 0 Å². The molecule has 5 nitrogen and oxygen atoms in total. The molecule has 0 radical (unpaired) electrons. The first-order chi connectivity index (χ1) is 8.51. The molecule has 5 heteroatoms. The second-order valence-electron chi connectivity index (χ2n) is 4.56. The smallest absolute Gasteiger partial charge is 0.137 e. The van der Waals surface area contributed by atoms with Crippen molar-refractivity contribution in [3.05, 3.63) is 11.4 Å². The average Bonchev–Trinajstić information content (AvgIpc) is 2.34. The van der Waals surface area contributed by atoms with E-state index in [0.29, 0.717) is 18.8 Å². The van der Waals surface area contributed by atoms with Gasteiger partial charge in [0.25, 0.3) is 0 Å². The monoisotopic (exact) mass is 247 g/mol. The molecule has 1 aromatic rings. The Kier molecular flexibility index (Phi) is 4.90. The number of rotatable bonds is 5. The second-order valence-corrected chi connectivity index (χ2v) is 4.56. The average molecular weight is 247 g/mol. The summed E-state index contributed by atoms with van der Waals surface area (Å²) < 4.78 is 0. The summed E-state index contributed by atoms with van der Waals surface area (Å²) in [6.07, 6.45) is 0.480. The summed E-state index contributed by atoms with van der Waals surface area (Å²) in [6.45, 7) is 9.52. The Morgan fingerprint density at radius 1 is 1.39 bits per heavy atom. The number of hydrogen-bond acceptors (Lipinski definition) is 5. The summed E-state index contributed by atoms with van der Waals surface area (Å²) in [5, 5.41) is 8.69. The SMILES string of the molecule is CCN(CCC#N)c1nc(C(C)C)nc(N)c1C. The molecular weight excluding hydrogens is 226 g/mol. The van der Waals surface area contributed by atoms with Gasteiger partial charge in [-0.1, -0.05) is 13.8 Å². The summed E-state index contributed by atoms with van der Waals surface area (Å²) in [5.74, 6) is 2.37. The van der Waals surface area contributed by atoms with Crippen molar-refractivity contribution in [2.75, 3.05) is 23.7 Å². The topological polar surface area (TPSA) is 78.8 Å². The predicted octanol–water partition coefficient (Wildman–Crippen LogP) is 2.23. The summed E-state index contributed by atoms with van der Waals surface area (Å²) in [5.41, 5.74) is 6.83. The lowest BCUT2D eigenvalue weighted by molar-refractivity contribution is 0.746. The zero-order valence-electron chi connectivity index (χ0n) is 11.6. The highest BCUT2D eigenvalue weighted by molar-refractivity contribution is 5.56. The van der Waals surface area contributed by atoms with Crippen LogP contribution < -0.4 is 10.6 Å². The molecule has 2 N–H and O–H groups in total. The van der Waals surface area contributed by atoms with Crippen molar-refractivity contribution < 1.29 is 0 Å². The van der Waals surface area contributed by atoms with Gasteiger partial charge in [-0.05, 0) is 13.8 Å². The van der Waals surface area contributed by atoms with Crippen molar-refractivity contribution in [3.8, 4) is 6.07 Å². The lowest BCUT2D eigenvalue weighted by Crippen LogP contribution is -2.27. The summed E-state index contributed by atoms with van der Waals surface area (Å²) in [6, 6.07) is 2.16. The number of nitrogens with zero attached hydrogens (tertiary/aromatic N) is 4. The van der Waals surface area contributed by atoms with Crippen LogP contribution in [0.15, 0.2) is 0 Å². The van der Waals surface area contributed by atoms with Gasteiger partial charge in [-0.3, -0.25) is 0 Å². The number of nitrogens with two attached hydrogens (primary N) is 1. The van der Waals surface area contributed by atoms with Crippen LogP contribution in [0.4, 0.5) is 11.6 Å². The Labute approximate surface area is 109 Å². The third-order valence-corrected chi connectivity index (χ3v) is 2.87. The van der Waals surface area contributed by atoms with Gasteiger partial charge in [0.1, 0.15) is 17.5 Å². The first-order valence-corrected chi connectivity index (χ1v) is 6.27. The lowest BCUT2D eigenvalue weighted by Gasteiger charge is -2.24. The zero-order valence-corrected chi connectivity index (χ0v) is 11.6. The van der Waals surface area contributed by atoms with E-state index in [-0.39, 0.29) is 5.92 Å². The molecular formula is C13H21N5. The Hall–Kier alpha value is -1.83. The van der Waals surface area contributed by atoms with E-state index in [2.05, 4.69) is 20.9 Å². The highest BCUT2D eigenvalue weighted by atomic mass is 15.2. The Balaban J connectivity index is 3.16. The molecule has 18 heavy (non-hydrogen) atoms. The first-order valence-electron chi connectivity index (χ1n) is 6.27. The van der Waals surface area contributed by atoms with Crippen LogP contribution in [-0.4, -0.2) is 23.1 Å². The molecule has 0 fully saturated rings. The van der Waals surface area contributed by atoms with Gasteiger partial charge in [0, 0.05) is 24.6 Å². The van der Waals surface area contributed by atoms with Crippen molar-refractivity contribution >= 4 is 11.6 Å². The Morgan fingerprint density at radius 3 is 2.56 bits per heavy atom. The van der Waals surface area contributed by atoms with E-state index in [1.54, 1.807) is 0 Å². The van der Waals surface area contributed by atoms with Gasteiger partial charge in [-0.15, -0.1) is 0 Å². The van der Waals surface area contributed by atoms with Gasteiger partial charge in [-0.2, -0.15) is 5.26 Å². The van der Waals surface area contributed by atoms with Crippen LogP contribution in [0.2, 0.25) is 0 Å². The maximum absolute atomic E-state index is 8.69. The third-order valence-electron chi connectivity index (χ3n) is 2.87. The van der Waals surface area contributed by atoms with Crippen LogP contribution in [0.25, 0.3) is 0 Å². The minimum atomic E-state index is 0.237. The van der Waals surface area contributed by atoms with E-state index in [1.807, 2.05) is 27.7 Å². The molecule has 0 aliphatic rings. The molecule has 0 aromatic carbocycles. The van der Waals surface area contributed by atoms with Gasteiger partial charge in [0.05, 0.1) is 12.5 Å². The summed E-state index contributed by atoms with van der Waals surface area (Å²) >= 11 is 0. The minimum Gasteiger partial charge on any atom is -0.383 e. The number of aromatic nitrogens is 2. The fourth-order valence-corrected chi connectivity index (χ4v) is 1.70. The van der Waals surface area contributed by atoms with Crippen molar-refractivity contribution in [1.29, 1.82) is 5.26 Å². The molecule has 0 aliphatic carbocycles. The van der Waals surface area contributed by atoms with E-state index >= 15 is 0 Å². The number of nitriles is 1. The van der Waals surface area contributed by atoms with Crippen LogP contribution in [-0.2, 0) is 0 Å². The predicted molar refractivity (Wildman–Crippen MR) is 73.4 cm³/mol. The number of hydrogen-bond donors (Lipinski definition) is 1. The number of nitrogen functional groups attached to an aromatic ring is 1. The van der Waals surface area contributed by atoms with E-state index in [1.165, 1.54) is 0 Å². The largest absolute Gasteiger partial charge is 0.383 e. The van der Waals surface area contributed by atoms with E-state index in [9.17, 15) is 0 Å². The molecule has 0 unspecified atom stereocenters. The van der Waals surface area contributed by atoms with Crippen LogP contribution in [0.3, 0.4) is 0 Å². The fourth-order valence-electron chi connectivity index (χ4n) is 1.70. The van der Waals surface area contributed by atoms with Gasteiger partial charge in [-0.25, -0.2) is 9.97 Å². The van der Waals surface area contributed by atoms with Crippen molar-refractivity contribution in [2.45, 2.75) is 40.0 Å². The van der Waals surface area contributed by atoms with Crippen molar-refractivity contribution in [3.63, 3.8) is 0 Å². The van der Waals surface area contributed by atoms with Crippen LogP contribution in [0.5, 0.6) is 0 Å². The molecule has 1 aromatic heterocycles. The number of anilines is 2. The van der Waals surface area contributed by atoms with Crippen LogP contribution in [0, 0.1) is 18.3 Å². The zero-order chi connectivity index (χ0) is 13.7. The molecule has 0 amide bonds. The Bertz CT molecular complexity index is 447. The molecule has 0 bridgehead atoms. The van der Waals surface area contributed by atoms with Gasteiger partial charge < -0.3 is 10.6 Å². The second kappa shape index (κ2) is 6.20. The van der Waals surface area contributed by atoms with E-state index in [4.69, 9.17) is 11.0 Å². The standard InChI is InChI=1S/C13H21N5/c1-5-18(8-6-7-14)13-10(4)11(15)16-12(17-13)9(2)3/h9H,5-6,8H2,1-4H3,(H2,15,16,17). The molecule has 1 rings (SSSR count). The molecule has 0 spiro atoms. The molecule has 1 heterocycles. The highest BCUT2D eigenvalue weighted by Gasteiger charge is 2.15. The maximum atomic E-state index is 8.69. The molecule has 0 saturated carbocycles.